The van der Waals surface area contributed by atoms with Gasteiger partial charge in [-0.05, 0) is 40.2 Å². The fraction of sp³-hybridized carbons (Fsp3) is 1.00. The van der Waals surface area contributed by atoms with E-state index in [1.165, 1.54) is 13.0 Å². The number of ether oxygens (including phenoxy) is 1. The highest BCUT2D eigenvalue weighted by molar-refractivity contribution is 4.80. The van der Waals surface area contributed by atoms with E-state index in [-0.39, 0.29) is 0 Å². The molecule has 16 heavy (non-hydrogen) atoms. The molecule has 0 aromatic heterocycles. The van der Waals surface area contributed by atoms with Crippen LogP contribution in [-0.4, -0.2) is 49.3 Å². The first-order valence-electron chi connectivity index (χ1n) is 6.74. The zero-order valence-corrected chi connectivity index (χ0v) is 11.3. The van der Waals surface area contributed by atoms with Gasteiger partial charge in [-0.3, -0.25) is 4.90 Å². The van der Waals surface area contributed by atoms with Crippen molar-refractivity contribution < 1.29 is 4.74 Å². The van der Waals surface area contributed by atoms with Gasteiger partial charge in [0.2, 0.25) is 0 Å². The van der Waals surface area contributed by atoms with E-state index < -0.39 is 0 Å². The monoisotopic (exact) mass is 228 g/mol. The highest BCUT2D eigenvalue weighted by Crippen LogP contribution is 2.11. The fourth-order valence-corrected chi connectivity index (χ4v) is 2.26. The number of nitrogens with zero attached hydrogens (tertiary/aromatic N) is 1. The molecule has 1 rings (SSSR count). The molecular weight excluding hydrogens is 200 g/mol. The number of hydrogen-bond donors (Lipinski definition) is 1. The van der Waals surface area contributed by atoms with Crippen molar-refractivity contribution in [3.63, 3.8) is 0 Å². The lowest BCUT2D eigenvalue weighted by Crippen LogP contribution is -2.48. The van der Waals surface area contributed by atoms with Crippen LogP contribution in [0.25, 0.3) is 0 Å². The Hall–Kier alpha value is -0.120. The topological polar surface area (TPSA) is 24.5 Å². The predicted octanol–water partition coefficient (Wildman–Crippen LogP) is 1.87. The van der Waals surface area contributed by atoms with Crippen molar-refractivity contribution in [3.8, 4) is 0 Å². The minimum Gasteiger partial charge on any atom is -0.377 e. The van der Waals surface area contributed by atoms with Crippen molar-refractivity contribution in [1.29, 1.82) is 0 Å². The molecule has 0 aromatic carbocycles. The Bertz CT molecular complexity index is 187. The van der Waals surface area contributed by atoms with Gasteiger partial charge in [-0.1, -0.05) is 6.92 Å². The third kappa shape index (κ3) is 4.40. The van der Waals surface area contributed by atoms with Crippen molar-refractivity contribution in [2.24, 2.45) is 0 Å². The summed E-state index contributed by atoms with van der Waals surface area (Å²) in [5.41, 5.74) is 0. The van der Waals surface area contributed by atoms with Crippen LogP contribution in [0.4, 0.5) is 0 Å². The molecule has 1 aliphatic heterocycles. The molecule has 1 heterocycles. The Kier molecular flexibility index (Phi) is 6.32. The Labute approximate surface area is 101 Å². The van der Waals surface area contributed by atoms with E-state index in [9.17, 15) is 0 Å². The first-order chi connectivity index (χ1) is 7.65. The molecule has 3 unspecified atom stereocenters. The number of hydrogen-bond acceptors (Lipinski definition) is 3. The average molecular weight is 228 g/mol. The van der Waals surface area contributed by atoms with Crippen LogP contribution in [0.3, 0.4) is 0 Å². The van der Waals surface area contributed by atoms with Gasteiger partial charge in [0, 0.05) is 31.8 Å². The molecule has 3 atom stereocenters. The van der Waals surface area contributed by atoms with E-state index in [1.54, 1.807) is 0 Å². The van der Waals surface area contributed by atoms with Gasteiger partial charge < -0.3 is 10.1 Å². The molecule has 0 aliphatic carbocycles. The molecule has 0 radical (unpaired) electrons. The minimum absolute atomic E-state index is 0.378. The van der Waals surface area contributed by atoms with Crippen molar-refractivity contribution in [2.75, 3.05) is 26.2 Å². The maximum atomic E-state index is 5.68. The van der Waals surface area contributed by atoms with Crippen LogP contribution in [0.2, 0.25) is 0 Å². The molecule has 0 saturated carbocycles. The van der Waals surface area contributed by atoms with E-state index in [0.29, 0.717) is 18.2 Å². The van der Waals surface area contributed by atoms with Crippen LogP contribution < -0.4 is 5.32 Å². The summed E-state index contributed by atoms with van der Waals surface area (Å²) in [6.07, 6.45) is 2.74. The lowest BCUT2D eigenvalue weighted by atomic mass is 10.1. The lowest BCUT2D eigenvalue weighted by molar-refractivity contribution is 0.0590. The molecule has 0 amide bonds. The highest BCUT2D eigenvalue weighted by Gasteiger charge is 2.23. The van der Waals surface area contributed by atoms with Crippen molar-refractivity contribution in [3.05, 3.63) is 0 Å². The van der Waals surface area contributed by atoms with Crippen LogP contribution in [0.15, 0.2) is 0 Å². The van der Waals surface area contributed by atoms with Crippen LogP contribution in [0.1, 0.15) is 40.5 Å². The molecule has 1 aliphatic rings. The summed E-state index contributed by atoms with van der Waals surface area (Å²) in [4.78, 5) is 2.56. The Balaban J connectivity index is 2.40. The van der Waals surface area contributed by atoms with Gasteiger partial charge in [0.05, 0.1) is 6.10 Å². The third-order valence-corrected chi connectivity index (χ3v) is 3.50. The van der Waals surface area contributed by atoms with Gasteiger partial charge in [0.15, 0.2) is 0 Å². The summed E-state index contributed by atoms with van der Waals surface area (Å²) >= 11 is 0. The molecule has 3 heteroatoms. The van der Waals surface area contributed by atoms with Crippen LogP contribution in [-0.2, 0) is 4.74 Å². The van der Waals surface area contributed by atoms with Gasteiger partial charge in [-0.2, -0.15) is 0 Å². The number of rotatable bonds is 5. The first-order valence-corrected chi connectivity index (χ1v) is 6.74. The highest BCUT2D eigenvalue weighted by atomic mass is 16.5. The summed E-state index contributed by atoms with van der Waals surface area (Å²) < 4.78 is 5.68. The van der Waals surface area contributed by atoms with Gasteiger partial charge in [-0.15, -0.1) is 0 Å². The van der Waals surface area contributed by atoms with Crippen molar-refractivity contribution in [2.45, 2.75) is 58.7 Å². The summed E-state index contributed by atoms with van der Waals surface area (Å²) in [5, 5.41) is 3.58. The summed E-state index contributed by atoms with van der Waals surface area (Å²) in [6, 6.07) is 1.15. The number of nitrogens with one attached hydrogen (secondary N) is 1. The van der Waals surface area contributed by atoms with Crippen molar-refractivity contribution in [1.82, 2.24) is 10.2 Å². The third-order valence-electron chi connectivity index (χ3n) is 3.50. The van der Waals surface area contributed by atoms with E-state index in [1.807, 2.05) is 0 Å². The molecule has 1 N–H and O–H groups in total. The van der Waals surface area contributed by atoms with Crippen LogP contribution >= 0.6 is 0 Å². The molecular formula is C13H28N2O. The fourth-order valence-electron chi connectivity index (χ4n) is 2.26. The second-order valence-corrected chi connectivity index (χ2v) is 5.01. The molecule has 0 aromatic rings. The second kappa shape index (κ2) is 7.25. The van der Waals surface area contributed by atoms with Gasteiger partial charge in [0.25, 0.3) is 0 Å². The molecule has 0 spiro atoms. The smallest absolute Gasteiger partial charge is 0.0674 e. The van der Waals surface area contributed by atoms with Gasteiger partial charge in [0.1, 0.15) is 0 Å². The lowest BCUT2D eigenvalue weighted by Gasteiger charge is -2.33. The summed E-state index contributed by atoms with van der Waals surface area (Å²) in [6.45, 7) is 13.3. The molecule has 3 nitrogen and oxygen atoms in total. The van der Waals surface area contributed by atoms with Crippen LogP contribution in [0.5, 0.6) is 0 Å². The quantitative estimate of drug-likeness (QED) is 0.777. The van der Waals surface area contributed by atoms with E-state index in [2.05, 4.69) is 37.9 Å². The zero-order chi connectivity index (χ0) is 12.0. The van der Waals surface area contributed by atoms with Crippen molar-refractivity contribution >= 4 is 0 Å². The minimum atomic E-state index is 0.378. The Morgan fingerprint density at radius 2 is 2.19 bits per heavy atom. The SMILES string of the molecule is CCCNC(C)C(C)N1CCCOC(C)C1. The van der Waals surface area contributed by atoms with Crippen LogP contribution in [0, 0.1) is 0 Å². The Morgan fingerprint density at radius 3 is 2.88 bits per heavy atom. The molecule has 0 bridgehead atoms. The largest absolute Gasteiger partial charge is 0.377 e. The van der Waals surface area contributed by atoms with E-state index >= 15 is 0 Å². The summed E-state index contributed by atoms with van der Waals surface area (Å²) in [7, 11) is 0. The van der Waals surface area contributed by atoms with Gasteiger partial charge in [-0.25, -0.2) is 0 Å². The normalized spacial score (nSPS) is 27.4. The average Bonchev–Trinajstić information content (AvgIpc) is 2.49. The predicted molar refractivity (Wildman–Crippen MR) is 68.8 cm³/mol. The van der Waals surface area contributed by atoms with E-state index in [4.69, 9.17) is 4.74 Å². The first kappa shape index (κ1) is 13.9. The maximum absolute atomic E-state index is 5.68. The molecule has 96 valence electrons. The zero-order valence-electron chi connectivity index (χ0n) is 11.3. The second-order valence-electron chi connectivity index (χ2n) is 5.01. The Morgan fingerprint density at radius 1 is 1.44 bits per heavy atom. The van der Waals surface area contributed by atoms with E-state index in [0.717, 1.165) is 26.1 Å². The molecule has 1 fully saturated rings. The van der Waals surface area contributed by atoms with Gasteiger partial charge >= 0.3 is 0 Å². The molecule has 1 saturated heterocycles. The maximum Gasteiger partial charge on any atom is 0.0674 e. The summed E-state index contributed by atoms with van der Waals surface area (Å²) in [5.74, 6) is 0. The standard InChI is InChI=1S/C13H28N2O/c1-5-7-14-12(3)13(4)15-8-6-9-16-11(2)10-15/h11-14H,5-10H2,1-4H3.